The molecule has 1 aliphatic heterocycles. The van der Waals surface area contributed by atoms with Crippen molar-refractivity contribution < 1.29 is 9.53 Å². The topological polar surface area (TPSA) is 53.4 Å². The molecule has 1 aliphatic rings. The highest BCUT2D eigenvalue weighted by Crippen LogP contribution is 2.34. The highest BCUT2D eigenvalue weighted by atomic mass is 35.5. The summed E-state index contributed by atoms with van der Waals surface area (Å²) >= 11 is 12.3. The molecule has 1 N–H and O–H groups in total. The molecule has 3 rings (SSSR count). The van der Waals surface area contributed by atoms with Crippen LogP contribution in [-0.2, 0) is 4.79 Å². The van der Waals surface area contributed by atoms with Gasteiger partial charge in [0, 0.05) is 16.5 Å². The van der Waals surface area contributed by atoms with E-state index in [-0.39, 0.29) is 17.5 Å². The molecule has 25 heavy (non-hydrogen) atoms. The van der Waals surface area contributed by atoms with Gasteiger partial charge in [-0.15, -0.1) is 0 Å². The molecule has 2 aromatic rings. The smallest absolute Gasteiger partial charge is 0.272 e. The van der Waals surface area contributed by atoms with Crippen molar-refractivity contribution in [3.63, 3.8) is 0 Å². The number of amides is 1. The lowest BCUT2D eigenvalue weighted by Gasteiger charge is -2.30. The van der Waals surface area contributed by atoms with Gasteiger partial charge in [0.05, 0.1) is 17.9 Å². The Balaban J connectivity index is 1.77. The number of benzene rings is 2. The van der Waals surface area contributed by atoms with Crippen molar-refractivity contribution in [2.75, 3.05) is 18.1 Å². The quantitative estimate of drug-likeness (QED) is 0.768. The Morgan fingerprint density at radius 2 is 2.04 bits per heavy atom. The van der Waals surface area contributed by atoms with E-state index >= 15 is 0 Å². The number of nitrogens with one attached hydrogen (secondary N) is 1. The Hall–Kier alpha value is -2.04. The lowest BCUT2D eigenvalue weighted by Crippen LogP contribution is -2.42. The zero-order chi connectivity index (χ0) is 18.0. The van der Waals surface area contributed by atoms with Crippen molar-refractivity contribution >= 4 is 40.5 Å². The van der Waals surface area contributed by atoms with Crippen LogP contribution in [0.15, 0.2) is 42.5 Å². The molecule has 0 saturated carbocycles. The third-order valence-electron chi connectivity index (χ3n) is 4.23. The van der Waals surface area contributed by atoms with Crippen LogP contribution in [0.1, 0.15) is 24.8 Å². The molecule has 130 valence electrons. The van der Waals surface area contributed by atoms with Crippen LogP contribution in [0.25, 0.3) is 0 Å². The van der Waals surface area contributed by atoms with Gasteiger partial charge in [0.25, 0.3) is 5.91 Å². The minimum atomic E-state index is -0.328. The molecule has 1 heterocycles. The van der Waals surface area contributed by atoms with Crippen LogP contribution in [-0.4, -0.2) is 24.8 Å². The van der Waals surface area contributed by atoms with E-state index in [2.05, 4.69) is 0 Å². The minimum Gasteiger partial charge on any atom is -0.490 e. The number of rotatable bonds is 4. The maximum Gasteiger partial charge on any atom is 0.272 e. The van der Waals surface area contributed by atoms with Gasteiger partial charge < -0.3 is 9.64 Å². The first-order valence-electron chi connectivity index (χ1n) is 8.03. The Kier molecular flexibility index (Phi) is 5.30. The maximum atomic E-state index is 12.8. The van der Waals surface area contributed by atoms with Crippen LogP contribution in [0.4, 0.5) is 5.69 Å². The second kappa shape index (κ2) is 7.46. The highest BCUT2D eigenvalue weighted by Gasteiger charge is 2.27. The highest BCUT2D eigenvalue weighted by molar-refractivity contribution is 6.43. The zero-order valence-electron chi connectivity index (χ0n) is 13.8. The number of hydrogen-bond acceptors (Lipinski definition) is 3. The molecule has 1 unspecified atom stereocenters. The molecule has 0 saturated heterocycles. The molecular weight excluding hydrogens is 359 g/mol. The summed E-state index contributed by atoms with van der Waals surface area (Å²) in [6, 6.07) is 12.7. The molecule has 0 spiro atoms. The normalized spacial score (nSPS) is 14.4. The summed E-state index contributed by atoms with van der Waals surface area (Å²) in [4.78, 5) is 14.4. The summed E-state index contributed by atoms with van der Waals surface area (Å²) in [6.07, 6.45) is 0.315. The molecule has 2 aromatic carbocycles. The fraction of sp³-hybridized carbons (Fsp3) is 0.263. The predicted molar refractivity (Wildman–Crippen MR) is 102 cm³/mol. The van der Waals surface area contributed by atoms with Crippen LogP contribution in [0.2, 0.25) is 10.0 Å². The van der Waals surface area contributed by atoms with Crippen molar-refractivity contribution in [2.45, 2.75) is 19.3 Å². The van der Waals surface area contributed by atoms with Crippen LogP contribution in [0.3, 0.4) is 0 Å². The van der Waals surface area contributed by atoms with Gasteiger partial charge in [0.1, 0.15) is 12.4 Å². The van der Waals surface area contributed by atoms with Crippen molar-refractivity contribution in [3.05, 3.63) is 58.1 Å². The molecular formula is C19H18Cl2N2O2. The third-order valence-corrected chi connectivity index (χ3v) is 4.81. The van der Waals surface area contributed by atoms with Crippen molar-refractivity contribution in [1.29, 1.82) is 5.41 Å². The van der Waals surface area contributed by atoms with Gasteiger partial charge >= 0.3 is 0 Å². The number of halogens is 2. The Bertz CT molecular complexity index is 823. The zero-order valence-corrected chi connectivity index (χ0v) is 15.3. The molecule has 0 bridgehead atoms. The number of nitrogens with zero attached hydrogens (tertiary/aromatic N) is 1. The van der Waals surface area contributed by atoms with Crippen molar-refractivity contribution in [1.82, 2.24) is 0 Å². The van der Waals surface area contributed by atoms with Crippen LogP contribution in [0, 0.1) is 5.41 Å². The van der Waals surface area contributed by atoms with Gasteiger partial charge in [-0.25, -0.2) is 0 Å². The first-order chi connectivity index (χ1) is 12.0. The summed E-state index contributed by atoms with van der Waals surface area (Å²) in [5, 5.41) is 9.45. The molecule has 0 aliphatic carbocycles. The van der Waals surface area contributed by atoms with Crippen molar-refractivity contribution in [2.24, 2.45) is 0 Å². The van der Waals surface area contributed by atoms with Crippen LogP contribution in [0.5, 0.6) is 5.75 Å². The number of ether oxygens (including phenoxy) is 1. The predicted octanol–water partition coefficient (Wildman–Crippen LogP) is 4.93. The van der Waals surface area contributed by atoms with E-state index in [1.165, 1.54) is 0 Å². The Morgan fingerprint density at radius 3 is 2.80 bits per heavy atom. The summed E-state index contributed by atoms with van der Waals surface area (Å²) in [5.74, 6) is 0.256. The second-order valence-electron chi connectivity index (χ2n) is 6.02. The van der Waals surface area contributed by atoms with E-state index in [9.17, 15) is 4.79 Å². The van der Waals surface area contributed by atoms with E-state index in [1.807, 2.05) is 31.2 Å². The lowest BCUT2D eigenvalue weighted by molar-refractivity contribution is -0.113. The van der Waals surface area contributed by atoms with E-state index in [1.54, 1.807) is 23.1 Å². The fourth-order valence-electron chi connectivity index (χ4n) is 2.94. The standard InChI is InChI=1S/C19H18Cl2N2O2/c1-12(14-4-2-3-5-15(14)21)10-16(22)19(24)23-8-9-25-18-7-6-13(20)11-17(18)23/h2-7,11-12,22H,8-10H2,1H3. The first-order valence-corrected chi connectivity index (χ1v) is 8.79. The van der Waals surface area contributed by atoms with Gasteiger partial charge in [-0.05, 0) is 35.7 Å². The van der Waals surface area contributed by atoms with Gasteiger partial charge in [-0.1, -0.05) is 48.3 Å². The number of hydrogen-bond donors (Lipinski definition) is 1. The molecule has 0 fully saturated rings. The fourth-order valence-corrected chi connectivity index (χ4v) is 3.43. The number of fused-ring (bicyclic) bond motifs is 1. The Morgan fingerprint density at radius 1 is 1.28 bits per heavy atom. The maximum absolute atomic E-state index is 12.8. The minimum absolute atomic E-state index is 0.0231. The monoisotopic (exact) mass is 376 g/mol. The lowest BCUT2D eigenvalue weighted by atomic mass is 9.94. The summed E-state index contributed by atoms with van der Waals surface area (Å²) in [6.45, 7) is 2.76. The van der Waals surface area contributed by atoms with Crippen LogP contribution < -0.4 is 9.64 Å². The number of carbonyl (C=O) groups excluding carboxylic acids is 1. The summed E-state index contributed by atoms with van der Waals surface area (Å²) in [7, 11) is 0. The van der Waals surface area contributed by atoms with Gasteiger partial charge in [-0.2, -0.15) is 0 Å². The average Bonchev–Trinajstić information content (AvgIpc) is 2.60. The summed E-state index contributed by atoms with van der Waals surface area (Å²) in [5.41, 5.74) is 1.59. The first kappa shape index (κ1) is 17.8. The van der Waals surface area contributed by atoms with E-state index in [4.69, 9.17) is 33.3 Å². The molecule has 4 nitrogen and oxygen atoms in total. The number of carbonyl (C=O) groups is 1. The molecule has 1 amide bonds. The van der Waals surface area contributed by atoms with Gasteiger partial charge in [0.15, 0.2) is 0 Å². The average molecular weight is 377 g/mol. The summed E-state index contributed by atoms with van der Waals surface area (Å²) < 4.78 is 5.56. The molecule has 1 atom stereocenters. The van der Waals surface area contributed by atoms with Crippen molar-refractivity contribution in [3.8, 4) is 5.75 Å². The molecule has 0 radical (unpaired) electrons. The van der Waals surface area contributed by atoms with Gasteiger partial charge in [-0.3, -0.25) is 10.2 Å². The number of anilines is 1. The van der Waals surface area contributed by atoms with Crippen LogP contribution >= 0.6 is 23.2 Å². The molecule has 6 heteroatoms. The van der Waals surface area contributed by atoms with E-state index in [0.717, 1.165) is 5.56 Å². The SMILES string of the molecule is CC(CC(=N)C(=O)N1CCOc2ccc(Cl)cc21)c1ccccc1Cl. The van der Waals surface area contributed by atoms with Gasteiger partial charge in [0.2, 0.25) is 0 Å². The molecule has 0 aromatic heterocycles. The largest absolute Gasteiger partial charge is 0.490 e. The second-order valence-corrected chi connectivity index (χ2v) is 6.87. The van der Waals surface area contributed by atoms with E-state index < -0.39 is 0 Å². The van der Waals surface area contributed by atoms with E-state index in [0.29, 0.717) is 41.1 Å². The Labute approximate surface area is 156 Å². The third kappa shape index (κ3) is 3.80.